The van der Waals surface area contributed by atoms with Gasteiger partial charge >= 0.3 is 0 Å². The maximum Gasteiger partial charge on any atom is 0.269 e. The van der Waals surface area contributed by atoms with Crippen LogP contribution in [0.3, 0.4) is 0 Å². The highest BCUT2D eigenvalue weighted by Gasteiger charge is 2.05. The molecule has 0 aliphatic rings. The molecule has 0 aromatic heterocycles. The van der Waals surface area contributed by atoms with Crippen molar-refractivity contribution in [3.05, 3.63) is 74.8 Å². The van der Waals surface area contributed by atoms with E-state index in [-0.39, 0.29) is 29.7 Å². The Morgan fingerprint density at radius 1 is 1.16 bits per heavy atom. The van der Waals surface area contributed by atoms with Gasteiger partial charge in [0.25, 0.3) is 5.69 Å². The van der Waals surface area contributed by atoms with Crippen LogP contribution in [0.5, 0.6) is 0 Å². The van der Waals surface area contributed by atoms with E-state index in [4.69, 9.17) is 11.6 Å². The van der Waals surface area contributed by atoms with Crippen molar-refractivity contribution in [3.8, 4) is 0 Å². The van der Waals surface area contributed by atoms with Gasteiger partial charge in [0.2, 0.25) is 0 Å². The number of non-ortho nitro benzene ring substituents is 1. The van der Waals surface area contributed by atoms with Crippen LogP contribution in [0.2, 0.25) is 5.02 Å². The molecule has 0 saturated heterocycles. The Labute approximate surface area is 168 Å². The molecule has 0 fully saturated rings. The third-order valence-electron chi connectivity index (χ3n) is 3.48. The van der Waals surface area contributed by atoms with Crippen LogP contribution in [0, 0.1) is 10.1 Å². The molecule has 2 aromatic rings. The molecule has 0 radical (unpaired) electrons. The first-order valence-electron chi connectivity index (χ1n) is 7.51. The van der Waals surface area contributed by atoms with Gasteiger partial charge in [-0.15, -0.1) is 24.0 Å². The molecule has 8 heteroatoms. The molecule has 2 rings (SSSR count). The monoisotopic (exact) mass is 474 g/mol. The Kier molecular flexibility index (Phi) is 9.22. The molecule has 0 aliphatic heterocycles. The Balaban J connectivity index is 0.00000312. The van der Waals surface area contributed by atoms with Gasteiger partial charge in [-0.3, -0.25) is 15.1 Å². The summed E-state index contributed by atoms with van der Waals surface area (Å²) in [7, 11) is 1.70. The standard InChI is InChI=1S/C17H19ClN4O2.HI/c1-19-17(20-11-10-14-4-2-3-5-16(14)18)21-12-13-6-8-15(9-7-13)22(23)24;/h2-9H,10-12H2,1H3,(H2,19,20,21);1H. The molecule has 2 aromatic carbocycles. The predicted molar refractivity (Wildman–Crippen MR) is 112 cm³/mol. The smallest absolute Gasteiger partial charge is 0.269 e. The fourth-order valence-corrected chi connectivity index (χ4v) is 2.39. The van der Waals surface area contributed by atoms with Gasteiger partial charge < -0.3 is 10.6 Å². The third kappa shape index (κ3) is 6.87. The lowest BCUT2D eigenvalue weighted by Crippen LogP contribution is -2.37. The molecule has 0 saturated carbocycles. The van der Waals surface area contributed by atoms with Crippen molar-refractivity contribution in [2.45, 2.75) is 13.0 Å². The van der Waals surface area contributed by atoms with Crippen molar-refractivity contribution in [1.29, 1.82) is 0 Å². The highest BCUT2D eigenvalue weighted by molar-refractivity contribution is 14.0. The molecule has 0 amide bonds. The van der Waals surface area contributed by atoms with Crippen LogP contribution < -0.4 is 10.6 Å². The molecule has 25 heavy (non-hydrogen) atoms. The summed E-state index contributed by atoms with van der Waals surface area (Å²) in [6, 6.07) is 14.2. The van der Waals surface area contributed by atoms with E-state index < -0.39 is 4.92 Å². The summed E-state index contributed by atoms with van der Waals surface area (Å²) in [5.74, 6) is 0.667. The summed E-state index contributed by atoms with van der Waals surface area (Å²) in [5.41, 5.74) is 2.10. The highest BCUT2D eigenvalue weighted by atomic mass is 127. The Bertz CT molecular complexity index is 723. The minimum atomic E-state index is -0.410. The van der Waals surface area contributed by atoms with Crippen LogP contribution in [0.25, 0.3) is 0 Å². The van der Waals surface area contributed by atoms with Crippen LogP contribution in [0.15, 0.2) is 53.5 Å². The first-order valence-corrected chi connectivity index (χ1v) is 7.89. The summed E-state index contributed by atoms with van der Waals surface area (Å²) in [4.78, 5) is 14.4. The van der Waals surface area contributed by atoms with Gasteiger partial charge in [-0.2, -0.15) is 0 Å². The van der Waals surface area contributed by atoms with Crippen LogP contribution >= 0.6 is 35.6 Å². The molecule has 0 aliphatic carbocycles. The fourth-order valence-electron chi connectivity index (χ4n) is 2.16. The van der Waals surface area contributed by atoms with Crippen molar-refractivity contribution >= 4 is 47.2 Å². The molecule has 0 atom stereocenters. The molecular formula is C17H20ClIN4O2. The maximum absolute atomic E-state index is 10.6. The number of hydrogen-bond donors (Lipinski definition) is 2. The molecule has 0 unspecified atom stereocenters. The summed E-state index contributed by atoms with van der Waals surface area (Å²) < 4.78 is 0. The van der Waals surface area contributed by atoms with Crippen LogP contribution in [-0.4, -0.2) is 24.5 Å². The largest absolute Gasteiger partial charge is 0.356 e. The normalized spacial score (nSPS) is 10.7. The minimum Gasteiger partial charge on any atom is -0.356 e. The van der Waals surface area contributed by atoms with E-state index in [1.54, 1.807) is 19.2 Å². The molecule has 0 heterocycles. The third-order valence-corrected chi connectivity index (χ3v) is 3.84. The topological polar surface area (TPSA) is 79.6 Å². The minimum absolute atomic E-state index is 0. The van der Waals surface area contributed by atoms with Gasteiger partial charge in [0.05, 0.1) is 4.92 Å². The lowest BCUT2D eigenvalue weighted by molar-refractivity contribution is -0.384. The van der Waals surface area contributed by atoms with E-state index in [9.17, 15) is 10.1 Å². The number of nitrogens with one attached hydrogen (secondary N) is 2. The lowest BCUT2D eigenvalue weighted by atomic mass is 10.1. The second-order valence-electron chi connectivity index (χ2n) is 5.12. The lowest BCUT2D eigenvalue weighted by Gasteiger charge is -2.12. The first kappa shape index (κ1) is 21.2. The maximum atomic E-state index is 10.6. The summed E-state index contributed by atoms with van der Waals surface area (Å²) in [6.45, 7) is 1.23. The molecular weight excluding hydrogens is 455 g/mol. The Hall–Kier alpha value is -1.87. The van der Waals surface area contributed by atoms with Crippen LogP contribution in [-0.2, 0) is 13.0 Å². The summed E-state index contributed by atoms with van der Waals surface area (Å²) in [5, 5.41) is 17.8. The van der Waals surface area contributed by atoms with Crippen molar-refractivity contribution in [3.63, 3.8) is 0 Å². The van der Waals surface area contributed by atoms with Gasteiger partial charge in [0.15, 0.2) is 5.96 Å². The zero-order chi connectivity index (χ0) is 17.4. The number of benzene rings is 2. The predicted octanol–water partition coefficient (Wildman–Crippen LogP) is 3.77. The van der Waals surface area contributed by atoms with Gasteiger partial charge in [-0.25, -0.2) is 0 Å². The SMILES string of the molecule is CN=C(NCCc1ccccc1Cl)NCc1ccc([N+](=O)[O-])cc1.I. The molecule has 6 nitrogen and oxygen atoms in total. The van der Waals surface area contributed by atoms with Crippen molar-refractivity contribution in [2.75, 3.05) is 13.6 Å². The van der Waals surface area contributed by atoms with E-state index in [0.29, 0.717) is 19.0 Å². The Morgan fingerprint density at radius 3 is 2.44 bits per heavy atom. The van der Waals surface area contributed by atoms with E-state index in [2.05, 4.69) is 15.6 Å². The van der Waals surface area contributed by atoms with Gasteiger partial charge in [0, 0.05) is 37.3 Å². The van der Waals surface area contributed by atoms with E-state index in [0.717, 1.165) is 22.6 Å². The van der Waals surface area contributed by atoms with Gasteiger partial charge in [0.1, 0.15) is 0 Å². The zero-order valence-corrected chi connectivity index (χ0v) is 16.8. The zero-order valence-electron chi connectivity index (χ0n) is 13.7. The van der Waals surface area contributed by atoms with E-state index >= 15 is 0 Å². The number of hydrogen-bond acceptors (Lipinski definition) is 3. The van der Waals surface area contributed by atoms with Crippen molar-refractivity contribution < 1.29 is 4.92 Å². The number of nitrogens with zero attached hydrogens (tertiary/aromatic N) is 2. The molecule has 0 spiro atoms. The Morgan fingerprint density at radius 2 is 1.84 bits per heavy atom. The van der Waals surface area contributed by atoms with E-state index in [1.807, 2.05) is 24.3 Å². The molecule has 2 N–H and O–H groups in total. The second kappa shape index (κ2) is 10.9. The summed E-state index contributed by atoms with van der Waals surface area (Å²) >= 11 is 6.13. The summed E-state index contributed by atoms with van der Waals surface area (Å²) in [6.07, 6.45) is 0.790. The number of aliphatic imine (C=N–C) groups is 1. The van der Waals surface area contributed by atoms with Crippen LogP contribution in [0.1, 0.15) is 11.1 Å². The average molecular weight is 475 g/mol. The van der Waals surface area contributed by atoms with Crippen molar-refractivity contribution in [2.24, 2.45) is 4.99 Å². The number of halogens is 2. The second-order valence-corrected chi connectivity index (χ2v) is 5.52. The molecule has 134 valence electrons. The van der Waals surface area contributed by atoms with Gasteiger partial charge in [-0.1, -0.05) is 41.9 Å². The quantitative estimate of drug-likeness (QED) is 0.220. The van der Waals surface area contributed by atoms with E-state index in [1.165, 1.54) is 12.1 Å². The fraction of sp³-hybridized carbons (Fsp3) is 0.235. The highest BCUT2D eigenvalue weighted by Crippen LogP contribution is 2.14. The number of nitro groups is 1. The van der Waals surface area contributed by atoms with Crippen molar-refractivity contribution in [1.82, 2.24) is 10.6 Å². The van der Waals surface area contributed by atoms with Gasteiger partial charge in [-0.05, 0) is 23.6 Å². The average Bonchev–Trinajstić information content (AvgIpc) is 2.59. The number of rotatable bonds is 6. The first-order chi connectivity index (χ1) is 11.6. The number of guanidine groups is 1. The molecule has 0 bridgehead atoms. The number of nitro benzene ring substituents is 1. The van der Waals surface area contributed by atoms with Crippen LogP contribution in [0.4, 0.5) is 5.69 Å².